The van der Waals surface area contributed by atoms with Crippen LogP contribution in [0.3, 0.4) is 0 Å². The maximum absolute atomic E-state index is 6.01. The van der Waals surface area contributed by atoms with Crippen molar-refractivity contribution in [3.63, 3.8) is 0 Å². The Hall–Kier alpha value is -0.160. The van der Waals surface area contributed by atoms with E-state index in [-0.39, 0.29) is 11.6 Å². The van der Waals surface area contributed by atoms with Crippen molar-refractivity contribution in [1.29, 1.82) is 0 Å². The Morgan fingerprint density at radius 2 is 1.68 bits per heavy atom. The normalized spacial score (nSPS) is 16.9. The molecule has 0 fully saturated rings. The summed E-state index contributed by atoms with van der Waals surface area (Å²) >= 11 is 0. The highest BCUT2D eigenvalue weighted by Crippen LogP contribution is 2.21. The minimum absolute atomic E-state index is 0.0766. The predicted molar refractivity (Wildman–Crippen MR) is 83.6 cm³/mol. The molecule has 4 nitrogen and oxygen atoms in total. The van der Waals surface area contributed by atoms with Crippen LogP contribution in [0.4, 0.5) is 0 Å². The van der Waals surface area contributed by atoms with E-state index >= 15 is 0 Å². The van der Waals surface area contributed by atoms with Gasteiger partial charge in [0.05, 0.1) is 11.6 Å². The molecular formula is C15H35N3O. The van der Waals surface area contributed by atoms with Gasteiger partial charge < -0.3 is 15.4 Å². The van der Waals surface area contributed by atoms with Crippen LogP contribution in [0.5, 0.6) is 0 Å². The zero-order valence-electron chi connectivity index (χ0n) is 13.9. The number of rotatable bonds is 11. The molecule has 2 N–H and O–H groups in total. The van der Waals surface area contributed by atoms with Crippen LogP contribution in [0.1, 0.15) is 41.0 Å². The zero-order chi connectivity index (χ0) is 14.9. The molecule has 0 saturated carbocycles. The number of ether oxygens (including phenoxy) is 1. The van der Waals surface area contributed by atoms with Crippen LogP contribution in [0.25, 0.3) is 0 Å². The van der Waals surface area contributed by atoms with Crippen LogP contribution in [-0.2, 0) is 4.74 Å². The minimum atomic E-state index is -0.0766. The summed E-state index contributed by atoms with van der Waals surface area (Å²) in [5.74, 6) is 0. The van der Waals surface area contributed by atoms with Gasteiger partial charge in [-0.15, -0.1) is 0 Å². The Kier molecular flexibility index (Phi) is 9.62. The highest BCUT2D eigenvalue weighted by atomic mass is 16.5. The molecule has 0 amide bonds. The molecule has 4 heteroatoms. The molecule has 0 aromatic heterocycles. The number of hydrogen-bond acceptors (Lipinski definition) is 4. The number of likely N-dealkylation sites (N-methyl/N-ethyl adjacent to an activating group) is 1. The second-order valence-corrected chi connectivity index (χ2v) is 5.40. The third-order valence-corrected chi connectivity index (χ3v) is 4.54. The van der Waals surface area contributed by atoms with Gasteiger partial charge in [-0.1, -0.05) is 20.8 Å². The van der Waals surface area contributed by atoms with E-state index < -0.39 is 0 Å². The molecule has 0 aliphatic heterocycles. The predicted octanol–water partition coefficient (Wildman–Crippen LogP) is 1.79. The average molecular weight is 273 g/mol. The molecule has 0 radical (unpaired) electrons. The Bertz CT molecular complexity index is 221. The topological polar surface area (TPSA) is 41.7 Å². The summed E-state index contributed by atoms with van der Waals surface area (Å²) in [6.07, 6.45) is 1.33. The number of nitrogens with two attached hydrogens (primary N) is 1. The number of hydrogen-bond donors (Lipinski definition) is 1. The molecule has 2 atom stereocenters. The van der Waals surface area contributed by atoms with Gasteiger partial charge in [0, 0.05) is 20.2 Å². The summed E-state index contributed by atoms with van der Waals surface area (Å²) in [7, 11) is 1.77. The summed E-state index contributed by atoms with van der Waals surface area (Å²) in [6.45, 7) is 17.1. The Morgan fingerprint density at radius 1 is 1.11 bits per heavy atom. The van der Waals surface area contributed by atoms with Crippen molar-refractivity contribution >= 4 is 0 Å². The summed E-state index contributed by atoms with van der Waals surface area (Å²) in [5.41, 5.74) is 5.94. The van der Waals surface area contributed by atoms with Crippen LogP contribution < -0.4 is 5.73 Å². The van der Waals surface area contributed by atoms with Crippen LogP contribution in [0.15, 0.2) is 0 Å². The van der Waals surface area contributed by atoms with E-state index in [0.29, 0.717) is 6.54 Å². The van der Waals surface area contributed by atoms with Gasteiger partial charge >= 0.3 is 0 Å². The highest BCUT2D eigenvalue weighted by molar-refractivity contribution is 4.92. The second kappa shape index (κ2) is 9.70. The molecule has 0 aromatic carbocycles. The van der Waals surface area contributed by atoms with Gasteiger partial charge in [-0.3, -0.25) is 4.90 Å². The van der Waals surface area contributed by atoms with Crippen molar-refractivity contribution in [2.75, 3.05) is 46.4 Å². The number of methoxy groups -OCH3 is 1. The van der Waals surface area contributed by atoms with Crippen molar-refractivity contribution in [3.8, 4) is 0 Å². The maximum Gasteiger partial charge on any atom is 0.0736 e. The summed E-state index contributed by atoms with van der Waals surface area (Å²) in [6, 6.07) is 0. The van der Waals surface area contributed by atoms with E-state index in [1.165, 1.54) is 6.42 Å². The van der Waals surface area contributed by atoms with E-state index in [9.17, 15) is 0 Å². The smallest absolute Gasteiger partial charge is 0.0736 e. The minimum Gasteiger partial charge on any atom is -0.380 e. The standard InChI is InChI=1S/C15H35N3O/c1-7-17(8-2)11-10-12-18(9-3)15(5,13-16)14(4)19-6/h14H,7-13,16H2,1-6H3. The first-order chi connectivity index (χ1) is 8.99. The van der Waals surface area contributed by atoms with Crippen molar-refractivity contribution in [1.82, 2.24) is 9.80 Å². The van der Waals surface area contributed by atoms with Crippen molar-refractivity contribution < 1.29 is 4.74 Å². The third-order valence-electron chi connectivity index (χ3n) is 4.54. The Labute approximate surface area is 120 Å². The summed E-state index contributed by atoms with van der Waals surface area (Å²) in [4.78, 5) is 4.93. The van der Waals surface area contributed by atoms with Crippen LogP contribution in [0, 0.1) is 0 Å². The lowest BCUT2D eigenvalue weighted by Crippen LogP contribution is -2.59. The lowest BCUT2D eigenvalue weighted by molar-refractivity contribution is -0.0302. The molecule has 0 aromatic rings. The van der Waals surface area contributed by atoms with Crippen molar-refractivity contribution in [2.45, 2.75) is 52.7 Å². The number of nitrogens with zero attached hydrogens (tertiary/aromatic N) is 2. The quantitative estimate of drug-likeness (QED) is 0.623. The Balaban J connectivity index is 4.46. The molecule has 0 heterocycles. The van der Waals surface area contributed by atoms with E-state index in [2.05, 4.69) is 44.4 Å². The molecule has 0 aliphatic carbocycles. The van der Waals surface area contributed by atoms with Crippen molar-refractivity contribution in [3.05, 3.63) is 0 Å². The van der Waals surface area contributed by atoms with Crippen LogP contribution >= 0.6 is 0 Å². The fraction of sp³-hybridized carbons (Fsp3) is 1.00. The van der Waals surface area contributed by atoms with Gasteiger partial charge in [0.15, 0.2) is 0 Å². The van der Waals surface area contributed by atoms with E-state index in [0.717, 1.165) is 32.7 Å². The van der Waals surface area contributed by atoms with Crippen LogP contribution in [-0.4, -0.2) is 67.8 Å². The first-order valence-electron chi connectivity index (χ1n) is 7.70. The van der Waals surface area contributed by atoms with Gasteiger partial charge in [0.1, 0.15) is 0 Å². The van der Waals surface area contributed by atoms with Crippen LogP contribution in [0.2, 0.25) is 0 Å². The average Bonchev–Trinajstić information content (AvgIpc) is 2.45. The molecule has 0 rings (SSSR count). The summed E-state index contributed by atoms with van der Waals surface area (Å²) in [5, 5.41) is 0. The molecule has 0 aliphatic rings. The molecule has 0 bridgehead atoms. The zero-order valence-corrected chi connectivity index (χ0v) is 13.9. The monoisotopic (exact) mass is 273 g/mol. The van der Waals surface area contributed by atoms with Gasteiger partial charge in [0.25, 0.3) is 0 Å². The van der Waals surface area contributed by atoms with Gasteiger partial charge in [-0.25, -0.2) is 0 Å². The van der Waals surface area contributed by atoms with Crippen molar-refractivity contribution in [2.24, 2.45) is 5.73 Å². The fourth-order valence-corrected chi connectivity index (χ4v) is 2.61. The Morgan fingerprint density at radius 3 is 2.05 bits per heavy atom. The van der Waals surface area contributed by atoms with Gasteiger partial charge in [0.2, 0.25) is 0 Å². The largest absolute Gasteiger partial charge is 0.380 e. The molecule has 116 valence electrons. The van der Waals surface area contributed by atoms with Gasteiger partial charge in [-0.2, -0.15) is 0 Å². The van der Waals surface area contributed by atoms with Gasteiger partial charge in [-0.05, 0) is 46.4 Å². The summed E-state index contributed by atoms with van der Waals surface area (Å²) < 4.78 is 5.53. The molecular weight excluding hydrogens is 238 g/mol. The SMILES string of the molecule is CCN(CC)CCCN(CC)C(C)(CN)C(C)OC. The third kappa shape index (κ3) is 5.38. The lowest BCUT2D eigenvalue weighted by atomic mass is 9.93. The van der Waals surface area contributed by atoms with E-state index in [1.54, 1.807) is 7.11 Å². The molecule has 19 heavy (non-hydrogen) atoms. The first kappa shape index (κ1) is 18.8. The first-order valence-corrected chi connectivity index (χ1v) is 7.70. The molecule has 0 spiro atoms. The fourth-order valence-electron chi connectivity index (χ4n) is 2.61. The molecule has 0 saturated heterocycles. The lowest BCUT2D eigenvalue weighted by Gasteiger charge is -2.44. The maximum atomic E-state index is 6.01. The van der Waals surface area contributed by atoms with E-state index in [1.807, 2.05) is 0 Å². The highest BCUT2D eigenvalue weighted by Gasteiger charge is 2.35. The second-order valence-electron chi connectivity index (χ2n) is 5.40. The molecule has 2 unspecified atom stereocenters. The van der Waals surface area contributed by atoms with E-state index in [4.69, 9.17) is 10.5 Å².